The van der Waals surface area contributed by atoms with Gasteiger partial charge in [0.05, 0.1) is 52.6 Å². The highest BCUT2D eigenvalue weighted by molar-refractivity contribution is 6.06. The number of amides is 3. The smallest absolute Gasteiger partial charge is 0.287 e. The molecule has 0 aliphatic heterocycles. The molecule has 6 aromatic carbocycles. The maximum absolute atomic E-state index is 12.8. The Morgan fingerprint density at radius 3 is 1.26 bits per heavy atom. The topological polar surface area (TPSA) is 399 Å². The number of nitrogens with two attached hydrogens (primary N) is 3. The molecule has 13 N–H and O–H groups in total. The van der Waals surface area contributed by atoms with Gasteiger partial charge in [0.25, 0.3) is 17.7 Å². The van der Waals surface area contributed by atoms with Gasteiger partial charge < -0.3 is 57.9 Å². The molecule has 27 nitrogen and oxygen atoms in total. The van der Waals surface area contributed by atoms with Crippen LogP contribution in [0.4, 0.5) is 17.5 Å². The summed E-state index contributed by atoms with van der Waals surface area (Å²) in [6, 6.07) is 52.7. The van der Waals surface area contributed by atoms with Gasteiger partial charge in [-0.2, -0.15) is 15.3 Å². The van der Waals surface area contributed by atoms with Crippen LogP contribution in [0.5, 0.6) is 0 Å². The Morgan fingerprint density at radius 2 is 0.817 bits per heavy atom. The van der Waals surface area contributed by atoms with Crippen molar-refractivity contribution in [1.29, 1.82) is 0 Å². The first kappa shape index (κ1) is 70.5. The van der Waals surface area contributed by atoms with Crippen molar-refractivity contribution in [2.24, 2.45) is 0 Å². The van der Waals surface area contributed by atoms with E-state index in [0.717, 1.165) is 171 Å². The minimum atomic E-state index is -0.262. The standard InChI is InChI=1S/C28H27N7O2.C27H27N7O2.C27H26N6O3/c29-26-23-24(34-35(27(23)33-16-32-26)20-9-11-21(36)12-10-20)19-7-5-17(6-8-19)15-31-28(37)25-22-4-2-1-3-18(22)13-14-30-25;28-25-23-24(33-34(26(23)31-15-30-25)19-9-11-20(35)12-10-19)17-7-5-16(6-8-17)14-29-27(36)22-13-18-3-1-2-4-21(18)32-22;28-25-23-24(32-33(26(23)31-15-30-25)19-9-11-20(34)12-10-19)17-7-5-16(6-8-17)14-29-27(35)22-13-18-3-1-2-4-21(18)36-22/h1-8,13-14,16,20-21,36H,9-12,15H2,(H,31,37)(H2,29,32,33);1-8,13,15,19-20,32,35H,9-12,14H2,(H,29,36)(H2,28,30,31);1-8,13,15,19-20,34H,9-12,14H2,(H,29,35)(H2,28,30,31). The van der Waals surface area contributed by atoms with Crippen LogP contribution in [-0.2, 0) is 19.6 Å². The Morgan fingerprint density at radius 1 is 0.422 bits per heavy atom. The van der Waals surface area contributed by atoms with E-state index in [-0.39, 0.29) is 59.9 Å². The highest BCUT2D eigenvalue weighted by atomic mass is 16.3. The summed E-state index contributed by atoms with van der Waals surface area (Å²) >= 11 is 0. The van der Waals surface area contributed by atoms with Gasteiger partial charge in [-0.15, -0.1) is 0 Å². The molecule has 0 spiro atoms. The van der Waals surface area contributed by atoms with Crippen molar-refractivity contribution >= 4 is 101 Å². The third-order valence-electron chi connectivity index (χ3n) is 20.9. The molecule has 109 heavy (non-hydrogen) atoms. The predicted molar refractivity (Wildman–Crippen MR) is 416 cm³/mol. The number of carbonyl (C=O) groups excluding carboxylic acids is 3. The molecule has 0 radical (unpaired) electrons. The number of nitrogens with one attached hydrogen (secondary N) is 4. The van der Waals surface area contributed by atoms with Crippen LogP contribution in [0.2, 0.25) is 0 Å². The number of carbonyl (C=O) groups is 3. The van der Waals surface area contributed by atoms with Gasteiger partial charge in [-0.3, -0.25) is 19.4 Å². The van der Waals surface area contributed by atoms with Crippen LogP contribution >= 0.6 is 0 Å². The molecule has 0 unspecified atom stereocenters. The molecule has 550 valence electrons. The number of anilines is 3. The van der Waals surface area contributed by atoms with E-state index < -0.39 is 0 Å². The third-order valence-corrected chi connectivity index (χ3v) is 20.9. The number of rotatable bonds is 15. The summed E-state index contributed by atoms with van der Waals surface area (Å²) in [7, 11) is 0. The molecule has 0 bridgehead atoms. The zero-order chi connectivity index (χ0) is 74.7. The number of nitrogen functional groups attached to an aromatic ring is 3. The van der Waals surface area contributed by atoms with Crippen LogP contribution in [-0.4, -0.2) is 121 Å². The van der Waals surface area contributed by atoms with Crippen LogP contribution in [0, 0.1) is 0 Å². The summed E-state index contributed by atoms with van der Waals surface area (Å²) < 4.78 is 11.5. The first-order valence-electron chi connectivity index (χ1n) is 36.7. The second kappa shape index (κ2) is 30.9. The first-order chi connectivity index (χ1) is 53.2. The molecule has 18 rings (SSSR count). The number of furan rings is 1. The molecule has 3 aliphatic rings. The van der Waals surface area contributed by atoms with E-state index in [9.17, 15) is 29.7 Å². The summed E-state index contributed by atoms with van der Waals surface area (Å²) in [5.41, 5.74) is 31.2. The maximum atomic E-state index is 12.8. The van der Waals surface area contributed by atoms with Crippen molar-refractivity contribution in [2.75, 3.05) is 17.2 Å². The van der Waals surface area contributed by atoms with E-state index in [2.05, 4.69) is 55.8 Å². The molecule has 27 heteroatoms. The van der Waals surface area contributed by atoms with E-state index in [0.29, 0.717) is 71.0 Å². The van der Waals surface area contributed by atoms with Crippen LogP contribution in [0.1, 0.15) is 143 Å². The number of fused-ring (bicyclic) bond motifs is 6. The largest absolute Gasteiger partial charge is 0.451 e. The average Bonchev–Trinajstić information content (AvgIpc) is 1.62. The van der Waals surface area contributed by atoms with Crippen LogP contribution < -0.4 is 33.2 Å². The summed E-state index contributed by atoms with van der Waals surface area (Å²) in [5, 5.41) is 59.2. The second-order valence-electron chi connectivity index (χ2n) is 28.1. The Hall–Kier alpha value is -12.9. The Labute approximate surface area is 624 Å². The van der Waals surface area contributed by atoms with Crippen molar-refractivity contribution in [3.63, 3.8) is 0 Å². The normalized spacial score (nSPS) is 17.9. The van der Waals surface area contributed by atoms with Crippen LogP contribution in [0.3, 0.4) is 0 Å². The molecule has 9 aromatic heterocycles. The number of aromatic nitrogens is 14. The van der Waals surface area contributed by atoms with Gasteiger partial charge in [-0.25, -0.2) is 43.9 Å². The highest BCUT2D eigenvalue weighted by Gasteiger charge is 2.30. The minimum Gasteiger partial charge on any atom is -0.451 e. The zero-order valence-electron chi connectivity index (χ0n) is 59.5. The molecule has 3 amide bonds. The number of pyridine rings is 1. The van der Waals surface area contributed by atoms with E-state index in [1.807, 2.05) is 172 Å². The van der Waals surface area contributed by atoms with Gasteiger partial charge in [-0.05, 0) is 129 Å². The summed E-state index contributed by atoms with van der Waals surface area (Å²) in [5.74, 6) is 0.834. The number of aliphatic hydroxyl groups is 3. The first-order valence-corrected chi connectivity index (χ1v) is 36.7. The van der Waals surface area contributed by atoms with Crippen molar-refractivity contribution < 1.29 is 34.1 Å². The maximum Gasteiger partial charge on any atom is 0.287 e. The van der Waals surface area contributed by atoms with E-state index >= 15 is 0 Å². The number of aliphatic hydroxyl groups excluding tert-OH is 3. The number of H-pyrrole nitrogens is 1. The molecule has 0 atom stereocenters. The third kappa shape index (κ3) is 14.9. The second-order valence-corrected chi connectivity index (χ2v) is 28.1. The van der Waals surface area contributed by atoms with E-state index in [4.69, 9.17) is 36.9 Å². The molecule has 15 aromatic rings. The lowest BCUT2D eigenvalue weighted by molar-refractivity contribution is 0.0922. The fourth-order valence-corrected chi connectivity index (χ4v) is 15.0. The molecular formula is C82H80N20O7. The lowest BCUT2D eigenvalue weighted by atomic mass is 9.93. The highest BCUT2D eigenvalue weighted by Crippen LogP contribution is 2.40. The average molecular weight is 1460 g/mol. The van der Waals surface area contributed by atoms with E-state index in [1.165, 1.54) is 19.0 Å². The molecule has 3 aliphatic carbocycles. The van der Waals surface area contributed by atoms with Crippen molar-refractivity contribution in [3.05, 3.63) is 223 Å². The van der Waals surface area contributed by atoms with Gasteiger partial charge in [0.1, 0.15) is 70.5 Å². The van der Waals surface area contributed by atoms with Crippen LogP contribution in [0.25, 0.3) is 99.5 Å². The Bertz CT molecular complexity index is 5500. The molecule has 3 saturated carbocycles. The number of hydrogen-bond donors (Lipinski definition) is 10. The van der Waals surface area contributed by atoms with E-state index in [1.54, 1.807) is 12.3 Å². The quantitative estimate of drug-likeness (QED) is 0.0456. The predicted octanol–water partition coefficient (Wildman–Crippen LogP) is 12.2. The molecule has 0 saturated heterocycles. The Balaban J connectivity index is 0.000000124. The number of benzene rings is 6. The van der Waals surface area contributed by atoms with Crippen molar-refractivity contribution in [3.8, 4) is 33.8 Å². The summed E-state index contributed by atoms with van der Waals surface area (Å²) in [4.78, 5) is 71.6. The van der Waals surface area contributed by atoms with Crippen LogP contribution in [0.15, 0.2) is 193 Å². The van der Waals surface area contributed by atoms with Gasteiger partial charge in [0, 0.05) is 64.2 Å². The van der Waals surface area contributed by atoms with Crippen molar-refractivity contribution in [2.45, 2.75) is 133 Å². The summed E-state index contributed by atoms with van der Waals surface area (Å²) in [6.07, 6.45) is 14.8. The fourth-order valence-electron chi connectivity index (χ4n) is 15.0. The lowest BCUT2D eigenvalue weighted by Gasteiger charge is -2.25. The van der Waals surface area contributed by atoms with Gasteiger partial charge >= 0.3 is 0 Å². The van der Waals surface area contributed by atoms with Crippen molar-refractivity contribution in [1.82, 2.24) is 85.2 Å². The monoisotopic (exact) mass is 1460 g/mol. The minimum absolute atomic E-state index is 0.150. The number of hydrogen-bond acceptors (Lipinski definition) is 20. The van der Waals surface area contributed by atoms with Gasteiger partial charge in [0.15, 0.2) is 22.7 Å². The fraction of sp³-hybridized carbons (Fsp3) is 0.256. The number of para-hydroxylation sites is 2. The SMILES string of the molecule is Nc1ncnc2c1c(-c1ccc(CNC(=O)c3cc4ccccc4[nH]3)cc1)nn2C1CCC(O)CC1.Nc1ncnc2c1c(-c1ccc(CNC(=O)c3cc4ccccc4o3)cc1)nn2C1CCC(O)CC1.Nc1ncnc2c1c(-c1ccc(CNC(=O)c3nccc4ccccc34)cc1)nn2C1CCC(O)CC1. The molecule has 9 heterocycles. The number of nitrogens with zero attached hydrogens (tertiary/aromatic N) is 13. The van der Waals surface area contributed by atoms with Gasteiger partial charge in [-0.1, -0.05) is 133 Å². The van der Waals surface area contributed by atoms with Gasteiger partial charge in [0.2, 0.25) is 0 Å². The molecule has 3 fully saturated rings. The zero-order valence-corrected chi connectivity index (χ0v) is 59.5. The lowest BCUT2D eigenvalue weighted by Crippen LogP contribution is -2.24. The molecular weight excluding hydrogens is 1380 g/mol. The Kier molecular flexibility index (Phi) is 20.0. The summed E-state index contributed by atoms with van der Waals surface area (Å²) in [6.45, 7) is 1.13. The number of aromatic amines is 1.